The number of phenolic OH excluding ortho intramolecular Hbond substituents is 2. The molecule has 0 spiro atoms. The second kappa shape index (κ2) is 25.4. The summed E-state index contributed by atoms with van der Waals surface area (Å²) in [7, 11) is 1.38. The largest absolute Gasteiger partial charge is 0.507 e. The predicted octanol–water partition coefficient (Wildman–Crippen LogP) is 5.88. The summed E-state index contributed by atoms with van der Waals surface area (Å²) in [5.74, 6) is -4.91. The van der Waals surface area contributed by atoms with E-state index >= 15 is 0 Å². The van der Waals surface area contributed by atoms with Crippen molar-refractivity contribution in [2.75, 3.05) is 20.1 Å². The lowest BCUT2D eigenvalue weighted by Crippen LogP contribution is -2.55. The van der Waals surface area contributed by atoms with E-state index in [2.05, 4.69) is 58.2 Å². The molecule has 5 rings (SSSR count). The maximum atomic E-state index is 14.5. The third kappa shape index (κ3) is 14.4. The van der Waals surface area contributed by atoms with E-state index < -0.39 is 53.8 Å². The third-order valence-electron chi connectivity index (χ3n) is 12.6. The molecule has 0 unspecified atom stereocenters. The fourth-order valence-corrected chi connectivity index (χ4v) is 8.59. The van der Waals surface area contributed by atoms with E-state index in [1.54, 1.807) is 6.07 Å². The molecular weight excluding hydrogens is 865 g/mol. The summed E-state index contributed by atoms with van der Waals surface area (Å²) in [5, 5.41) is 42.5. The normalized spacial score (nSPS) is 16.4. The van der Waals surface area contributed by atoms with Crippen molar-refractivity contribution in [1.82, 2.24) is 26.2 Å². The van der Waals surface area contributed by atoms with Gasteiger partial charge in [0.15, 0.2) is 0 Å². The molecule has 4 bridgehead atoms. The van der Waals surface area contributed by atoms with E-state index in [0.717, 1.165) is 28.0 Å². The van der Waals surface area contributed by atoms with Gasteiger partial charge in [-0.15, -0.1) is 0 Å². The van der Waals surface area contributed by atoms with Gasteiger partial charge in [0, 0.05) is 43.1 Å². The maximum absolute atomic E-state index is 14.5. The smallest absolute Gasteiger partial charge is 0.326 e. The van der Waals surface area contributed by atoms with Crippen LogP contribution in [0, 0.1) is 6.92 Å². The number of likely N-dealkylation sites (N-methyl/N-ethyl adjacent to an activating group) is 1. The number of amides is 5. The van der Waals surface area contributed by atoms with Crippen LogP contribution in [0.3, 0.4) is 0 Å². The third-order valence-corrected chi connectivity index (χ3v) is 12.6. The van der Waals surface area contributed by atoms with Gasteiger partial charge in [0.2, 0.25) is 23.6 Å². The Balaban J connectivity index is 1.26. The van der Waals surface area contributed by atoms with Crippen LogP contribution < -0.4 is 27.0 Å². The van der Waals surface area contributed by atoms with E-state index in [4.69, 9.17) is 0 Å². The Labute approximate surface area is 399 Å². The number of fused-ring (bicyclic) bond motifs is 5. The van der Waals surface area contributed by atoms with Gasteiger partial charge < -0.3 is 47.2 Å². The summed E-state index contributed by atoms with van der Waals surface area (Å²) in [5.41, 5.74) is 9.55. The van der Waals surface area contributed by atoms with Crippen LogP contribution in [0.2, 0.25) is 0 Å². The van der Waals surface area contributed by atoms with Gasteiger partial charge in [-0.05, 0) is 116 Å². The monoisotopic (exact) mass is 934 g/mol. The maximum Gasteiger partial charge on any atom is 0.326 e. The van der Waals surface area contributed by atoms with Crippen LogP contribution in [0.1, 0.15) is 123 Å². The molecule has 68 heavy (non-hydrogen) atoms. The van der Waals surface area contributed by atoms with Crippen molar-refractivity contribution in [3.05, 3.63) is 107 Å². The lowest BCUT2D eigenvalue weighted by Gasteiger charge is -2.32. The number of aliphatic carboxylic acids is 1. The van der Waals surface area contributed by atoms with E-state index in [1.165, 1.54) is 101 Å². The van der Waals surface area contributed by atoms with Gasteiger partial charge in [-0.2, -0.15) is 0 Å². The van der Waals surface area contributed by atoms with Gasteiger partial charge in [-0.3, -0.25) is 24.0 Å². The number of carbonyl (C=O) groups is 6. The Morgan fingerprint density at radius 2 is 1.47 bits per heavy atom. The zero-order valence-corrected chi connectivity index (χ0v) is 39.9. The van der Waals surface area contributed by atoms with Crippen LogP contribution in [-0.4, -0.2) is 94.0 Å². The topological polar surface area (TPSA) is 242 Å². The van der Waals surface area contributed by atoms with Gasteiger partial charge in [0.05, 0.1) is 6.54 Å². The van der Waals surface area contributed by atoms with Crippen molar-refractivity contribution in [3.63, 3.8) is 0 Å². The van der Waals surface area contributed by atoms with Crippen LogP contribution in [0.15, 0.2) is 78.9 Å². The first-order chi connectivity index (χ1) is 32.6. The fourth-order valence-electron chi connectivity index (χ4n) is 8.59. The van der Waals surface area contributed by atoms with Gasteiger partial charge in [-0.1, -0.05) is 87.9 Å². The van der Waals surface area contributed by atoms with E-state index in [1.807, 2.05) is 19.1 Å². The SMILES string of the molecule is CCCCCCCCCc1ccc(-c2ccc(C(=O)NCCC(=O)N[C@@H](CCCC[NH3+])C(=O)N(C)[C@@H]3C(=O)N[C@@H](C)C(=O)N[C@H](C(=O)O)Cc4ccc(O)c(c4)-c4cc3ccc4O)cc2C)cc1. The molecule has 0 saturated carbocycles. The Morgan fingerprint density at radius 1 is 0.794 bits per heavy atom. The molecule has 15 heteroatoms. The molecule has 4 aromatic carbocycles. The number of unbranched alkanes of at least 4 members (excludes halogenated alkanes) is 7. The molecule has 1 heterocycles. The second-order valence-corrected chi connectivity index (χ2v) is 17.9. The van der Waals surface area contributed by atoms with E-state index in [0.29, 0.717) is 30.5 Å². The zero-order chi connectivity index (χ0) is 49.3. The average Bonchev–Trinajstić information content (AvgIpc) is 3.31. The second-order valence-electron chi connectivity index (χ2n) is 17.9. The molecule has 10 N–H and O–H groups in total. The molecule has 0 saturated heterocycles. The minimum Gasteiger partial charge on any atom is -0.507 e. The minimum absolute atomic E-state index is 0.0145. The van der Waals surface area contributed by atoms with Crippen LogP contribution in [0.5, 0.6) is 11.5 Å². The van der Waals surface area contributed by atoms with Gasteiger partial charge in [0.1, 0.15) is 35.7 Å². The number of benzene rings is 4. The predicted molar refractivity (Wildman–Crippen MR) is 260 cm³/mol. The fraction of sp³-hybridized carbons (Fsp3) is 0.434. The highest BCUT2D eigenvalue weighted by Crippen LogP contribution is 2.39. The first-order valence-corrected chi connectivity index (χ1v) is 23.9. The van der Waals surface area contributed by atoms with Crippen LogP contribution in [-0.2, 0) is 36.8 Å². The molecule has 364 valence electrons. The van der Waals surface area contributed by atoms with Crippen molar-refractivity contribution in [1.29, 1.82) is 0 Å². The van der Waals surface area contributed by atoms with Crippen molar-refractivity contribution in [2.45, 2.75) is 128 Å². The molecule has 0 aromatic heterocycles. The van der Waals surface area contributed by atoms with E-state index in [-0.39, 0.29) is 59.9 Å². The number of nitrogens with one attached hydrogen (secondary N) is 4. The molecule has 5 amide bonds. The summed E-state index contributed by atoms with van der Waals surface area (Å²) in [4.78, 5) is 82.0. The van der Waals surface area contributed by atoms with Crippen molar-refractivity contribution < 1.29 is 49.8 Å². The number of hydrogen-bond donors (Lipinski definition) is 8. The minimum atomic E-state index is -1.43. The number of quaternary nitrogens is 1. The van der Waals surface area contributed by atoms with Gasteiger partial charge >= 0.3 is 5.97 Å². The van der Waals surface area contributed by atoms with Gasteiger partial charge in [0.25, 0.3) is 5.91 Å². The van der Waals surface area contributed by atoms with Crippen molar-refractivity contribution in [3.8, 4) is 33.8 Å². The summed E-state index contributed by atoms with van der Waals surface area (Å²) in [6.45, 7) is 6.14. The van der Waals surface area contributed by atoms with Crippen LogP contribution >= 0.6 is 0 Å². The number of carbonyl (C=O) groups excluding carboxylic acids is 5. The zero-order valence-electron chi connectivity index (χ0n) is 39.9. The highest BCUT2D eigenvalue weighted by atomic mass is 16.4. The standard InChI is InChI=1S/C53H68N6O9/c1-5-6-7-8-9-10-11-14-35-16-19-37(20-17-35)40-23-21-39(29-33(40)2)50(64)55-28-26-47(62)57-43(15-12-13-27-54)52(66)59(4)48-38-22-25-46(61)42(32-38)41-30-36(18-24-45(41)60)31-44(53(67)68)58-49(63)34(3)56-51(48)65/h16-25,29-30,32,34,43-44,48,60-61H,5-15,26-28,31,54H2,1-4H3,(H,55,64)(H,56,65)(H,57,62)(H,58,63)(H,67,68)/p+1/t34-,43-,44-,48-/m0/s1. The Morgan fingerprint density at radius 3 is 2.15 bits per heavy atom. The molecule has 4 atom stereocenters. The molecule has 0 radical (unpaired) electrons. The van der Waals surface area contributed by atoms with Gasteiger partial charge in [-0.25, -0.2) is 4.79 Å². The quantitative estimate of drug-likeness (QED) is 0.0465. The Kier molecular flexibility index (Phi) is 19.5. The first kappa shape index (κ1) is 52.2. The van der Waals surface area contributed by atoms with E-state index in [9.17, 15) is 44.1 Å². The summed E-state index contributed by atoms with van der Waals surface area (Å²) in [6, 6.07) is 17.5. The lowest BCUT2D eigenvalue weighted by atomic mass is 9.93. The molecule has 1 aliphatic heterocycles. The first-order valence-electron chi connectivity index (χ1n) is 23.9. The number of phenols is 2. The van der Waals surface area contributed by atoms with Crippen LogP contribution in [0.4, 0.5) is 0 Å². The number of carboxylic acids is 1. The number of rotatable bonds is 21. The Hall–Kier alpha value is -6.74. The number of carboxylic acid groups (broad SMARTS) is 1. The lowest BCUT2D eigenvalue weighted by molar-refractivity contribution is -0.368. The average molecular weight is 934 g/mol. The summed E-state index contributed by atoms with van der Waals surface area (Å²) in [6.07, 6.45) is 11.0. The Bertz CT molecular complexity index is 2400. The number of aromatic hydroxyl groups is 2. The molecular formula is C53H69N6O9+. The number of nitrogens with zero attached hydrogens (tertiary/aromatic N) is 1. The number of hydrogen-bond acceptors (Lipinski definition) is 8. The highest BCUT2D eigenvalue weighted by Gasteiger charge is 2.36. The highest BCUT2D eigenvalue weighted by molar-refractivity contribution is 5.97. The summed E-state index contributed by atoms with van der Waals surface area (Å²) >= 11 is 0. The van der Waals surface area contributed by atoms with Crippen molar-refractivity contribution in [2.24, 2.45) is 0 Å². The van der Waals surface area contributed by atoms with Crippen molar-refractivity contribution >= 4 is 35.5 Å². The molecule has 4 aromatic rings. The molecule has 1 aliphatic rings. The molecule has 0 fully saturated rings. The summed E-state index contributed by atoms with van der Waals surface area (Å²) < 4.78 is 0. The van der Waals surface area contributed by atoms with Crippen LogP contribution in [0.25, 0.3) is 22.3 Å². The molecule has 15 nitrogen and oxygen atoms in total. The molecule has 0 aliphatic carbocycles. The number of aryl methyl sites for hydroxylation is 2.